The average Bonchev–Trinajstić information content (AvgIpc) is 3.04. The Balaban J connectivity index is 1.85. The van der Waals surface area contributed by atoms with Crippen LogP contribution in [0.1, 0.15) is 26.2 Å². The second-order valence-corrected chi connectivity index (χ2v) is 5.07. The van der Waals surface area contributed by atoms with Gasteiger partial charge in [0.25, 0.3) is 0 Å². The molecule has 4 heteroatoms. The predicted molar refractivity (Wildman–Crippen MR) is 60.5 cm³/mol. The first-order valence-electron chi connectivity index (χ1n) is 6.01. The Labute approximate surface area is 96.8 Å². The van der Waals surface area contributed by atoms with Gasteiger partial charge in [-0.15, -0.1) is 0 Å². The summed E-state index contributed by atoms with van der Waals surface area (Å²) in [5.41, 5.74) is 0. The van der Waals surface area contributed by atoms with Gasteiger partial charge in [0, 0.05) is 31.6 Å². The number of carbonyl (C=O) groups is 1. The fourth-order valence-electron chi connectivity index (χ4n) is 2.32. The molecule has 0 aromatic heterocycles. The Morgan fingerprint density at radius 1 is 1.62 bits per heavy atom. The molecule has 4 nitrogen and oxygen atoms in total. The Hall–Kier alpha value is -1.08. The number of nitriles is 1. The van der Waals surface area contributed by atoms with E-state index in [1.54, 1.807) is 0 Å². The third kappa shape index (κ3) is 2.35. The molecule has 0 aromatic rings. The SMILES string of the molecule is CC(CN1CC(C#N)CC1=O)N(C)C1CC1. The van der Waals surface area contributed by atoms with Crippen molar-refractivity contribution in [1.82, 2.24) is 9.80 Å². The van der Waals surface area contributed by atoms with Gasteiger partial charge in [-0.25, -0.2) is 0 Å². The van der Waals surface area contributed by atoms with Crippen molar-refractivity contribution in [2.24, 2.45) is 5.92 Å². The number of likely N-dealkylation sites (tertiary alicyclic amines) is 1. The van der Waals surface area contributed by atoms with Gasteiger partial charge in [0.1, 0.15) is 0 Å². The first-order valence-corrected chi connectivity index (χ1v) is 6.01. The van der Waals surface area contributed by atoms with E-state index in [4.69, 9.17) is 5.26 Å². The largest absolute Gasteiger partial charge is 0.340 e. The fourth-order valence-corrected chi connectivity index (χ4v) is 2.32. The van der Waals surface area contributed by atoms with Crippen LogP contribution in [0.4, 0.5) is 0 Å². The quantitative estimate of drug-likeness (QED) is 0.707. The summed E-state index contributed by atoms with van der Waals surface area (Å²) in [4.78, 5) is 15.8. The number of hydrogen-bond acceptors (Lipinski definition) is 3. The Morgan fingerprint density at radius 2 is 2.31 bits per heavy atom. The molecule has 0 bridgehead atoms. The lowest BCUT2D eigenvalue weighted by molar-refractivity contribution is -0.128. The first-order chi connectivity index (χ1) is 7.61. The van der Waals surface area contributed by atoms with Crippen LogP contribution in [0.2, 0.25) is 0 Å². The number of carbonyl (C=O) groups excluding carboxylic acids is 1. The van der Waals surface area contributed by atoms with Crippen molar-refractivity contribution >= 4 is 5.91 Å². The average molecular weight is 221 g/mol. The van der Waals surface area contributed by atoms with Crippen LogP contribution < -0.4 is 0 Å². The Morgan fingerprint density at radius 3 is 2.81 bits per heavy atom. The maximum atomic E-state index is 11.6. The zero-order valence-electron chi connectivity index (χ0n) is 10.0. The van der Waals surface area contributed by atoms with Gasteiger partial charge in [0.2, 0.25) is 5.91 Å². The number of amides is 1. The molecule has 1 aliphatic heterocycles. The minimum absolute atomic E-state index is 0.0917. The van der Waals surface area contributed by atoms with E-state index in [9.17, 15) is 4.79 Å². The molecule has 2 fully saturated rings. The molecular formula is C12H19N3O. The Kier molecular flexibility index (Phi) is 3.15. The zero-order chi connectivity index (χ0) is 11.7. The minimum Gasteiger partial charge on any atom is -0.340 e. The van der Waals surface area contributed by atoms with Crippen molar-refractivity contribution in [3.05, 3.63) is 0 Å². The van der Waals surface area contributed by atoms with Crippen molar-refractivity contribution in [2.45, 2.75) is 38.3 Å². The summed E-state index contributed by atoms with van der Waals surface area (Å²) in [6.45, 7) is 3.55. The van der Waals surface area contributed by atoms with Gasteiger partial charge >= 0.3 is 0 Å². The molecule has 2 unspecified atom stereocenters. The normalized spacial score (nSPS) is 27.2. The van der Waals surface area contributed by atoms with Crippen molar-refractivity contribution in [2.75, 3.05) is 20.1 Å². The summed E-state index contributed by atoms with van der Waals surface area (Å²) in [5.74, 6) is 0.0496. The molecule has 1 saturated carbocycles. The molecule has 0 radical (unpaired) electrons. The van der Waals surface area contributed by atoms with E-state index in [1.165, 1.54) is 12.8 Å². The van der Waals surface area contributed by atoms with E-state index in [0.29, 0.717) is 19.0 Å². The molecule has 1 saturated heterocycles. The maximum Gasteiger partial charge on any atom is 0.224 e. The minimum atomic E-state index is -0.0917. The van der Waals surface area contributed by atoms with E-state index in [-0.39, 0.29) is 11.8 Å². The predicted octanol–water partition coefficient (Wildman–Crippen LogP) is 0.841. The highest BCUT2D eigenvalue weighted by atomic mass is 16.2. The molecule has 88 valence electrons. The molecule has 0 spiro atoms. The summed E-state index contributed by atoms with van der Waals surface area (Å²) in [7, 11) is 2.13. The monoisotopic (exact) mass is 221 g/mol. The van der Waals surface area contributed by atoms with Crippen molar-refractivity contribution in [1.29, 1.82) is 5.26 Å². The zero-order valence-corrected chi connectivity index (χ0v) is 10.0. The van der Waals surface area contributed by atoms with Crippen LogP contribution >= 0.6 is 0 Å². The highest BCUT2D eigenvalue weighted by Crippen LogP contribution is 2.27. The van der Waals surface area contributed by atoms with E-state index >= 15 is 0 Å². The fraction of sp³-hybridized carbons (Fsp3) is 0.833. The lowest BCUT2D eigenvalue weighted by atomic mass is 10.1. The molecule has 1 heterocycles. The van der Waals surface area contributed by atoms with Gasteiger partial charge in [-0.1, -0.05) is 0 Å². The van der Waals surface area contributed by atoms with Crippen LogP contribution in [-0.4, -0.2) is 47.9 Å². The standard InChI is InChI=1S/C12H19N3O/c1-9(14(2)11-3-4-11)7-15-8-10(6-13)5-12(15)16/h9-11H,3-5,7-8H2,1-2H3. The molecule has 2 rings (SSSR count). The highest BCUT2D eigenvalue weighted by molar-refractivity contribution is 5.79. The lowest BCUT2D eigenvalue weighted by Crippen LogP contribution is -2.42. The maximum absolute atomic E-state index is 11.6. The molecule has 0 N–H and O–H groups in total. The highest BCUT2D eigenvalue weighted by Gasteiger charge is 2.34. The smallest absolute Gasteiger partial charge is 0.224 e. The number of rotatable bonds is 4. The van der Waals surface area contributed by atoms with Crippen molar-refractivity contribution in [3.63, 3.8) is 0 Å². The molecule has 2 atom stereocenters. The van der Waals surface area contributed by atoms with Gasteiger partial charge < -0.3 is 4.90 Å². The van der Waals surface area contributed by atoms with Gasteiger partial charge in [-0.3, -0.25) is 9.69 Å². The molecular weight excluding hydrogens is 202 g/mol. The summed E-state index contributed by atoms with van der Waals surface area (Å²) in [6, 6.07) is 3.30. The van der Waals surface area contributed by atoms with Gasteiger partial charge in [-0.2, -0.15) is 5.26 Å². The molecule has 1 amide bonds. The number of hydrogen-bond donors (Lipinski definition) is 0. The number of likely N-dealkylation sites (N-methyl/N-ethyl adjacent to an activating group) is 1. The van der Waals surface area contributed by atoms with Gasteiger partial charge in [0.05, 0.1) is 12.0 Å². The van der Waals surface area contributed by atoms with Crippen LogP contribution in [-0.2, 0) is 4.79 Å². The summed E-state index contributed by atoms with van der Waals surface area (Å²) < 4.78 is 0. The summed E-state index contributed by atoms with van der Waals surface area (Å²) in [5, 5.41) is 8.80. The van der Waals surface area contributed by atoms with Crippen LogP contribution in [0.15, 0.2) is 0 Å². The van der Waals surface area contributed by atoms with Crippen LogP contribution in [0.3, 0.4) is 0 Å². The van der Waals surface area contributed by atoms with Crippen LogP contribution in [0, 0.1) is 17.2 Å². The van der Waals surface area contributed by atoms with E-state index < -0.39 is 0 Å². The third-order valence-electron chi connectivity index (χ3n) is 3.70. The topological polar surface area (TPSA) is 47.3 Å². The molecule has 1 aliphatic carbocycles. The summed E-state index contributed by atoms with van der Waals surface area (Å²) >= 11 is 0. The second-order valence-electron chi connectivity index (χ2n) is 5.07. The Bertz CT molecular complexity index is 319. The first kappa shape index (κ1) is 11.4. The van der Waals surface area contributed by atoms with Gasteiger partial charge in [0.15, 0.2) is 0 Å². The molecule has 2 aliphatic rings. The van der Waals surface area contributed by atoms with Crippen LogP contribution in [0.5, 0.6) is 0 Å². The molecule has 16 heavy (non-hydrogen) atoms. The lowest BCUT2D eigenvalue weighted by Gasteiger charge is -2.28. The third-order valence-corrected chi connectivity index (χ3v) is 3.70. The van der Waals surface area contributed by atoms with Crippen molar-refractivity contribution in [3.8, 4) is 6.07 Å². The van der Waals surface area contributed by atoms with Crippen molar-refractivity contribution < 1.29 is 4.79 Å². The second kappa shape index (κ2) is 4.42. The summed E-state index contributed by atoms with van der Waals surface area (Å²) in [6.07, 6.45) is 2.99. The van der Waals surface area contributed by atoms with Crippen LogP contribution in [0.25, 0.3) is 0 Å². The van der Waals surface area contributed by atoms with E-state index in [1.807, 2.05) is 4.90 Å². The van der Waals surface area contributed by atoms with E-state index in [0.717, 1.165) is 12.6 Å². The van der Waals surface area contributed by atoms with Gasteiger partial charge in [-0.05, 0) is 26.8 Å². The van der Waals surface area contributed by atoms with E-state index in [2.05, 4.69) is 24.9 Å². The number of nitrogens with zero attached hydrogens (tertiary/aromatic N) is 3. The molecule has 0 aromatic carbocycles.